The van der Waals surface area contributed by atoms with Crippen LogP contribution in [-0.4, -0.2) is 17.3 Å². The summed E-state index contributed by atoms with van der Waals surface area (Å²) in [4.78, 5) is 0. The molecule has 0 unspecified atom stereocenters. The summed E-state index contributed by atoms with van der Waals surface area (Å²) in [7, 11) is 0. The quantitative estimate of drug-likeness (QED) is 0.267. The SMILES string of the molecule is C=CCSCCCC(=N)N. The Balaban J connectivity index is 2.90. The van der Waals surface area contributed by atoms with Gasteiger partial charge < -0.3 is 5.73 Å². The fraction of sp³-hybridized carbons (Fsp3) is 0.571. The summed E-state index contributed by atoms with van der Waals surface area (Å²) in [6.45, 7) is 3.61. The van der Waals surface area contributed by atoms with Crippen molar-refractivity contribution in [3.05, 3.63) is 12.7 Å². The number of hydrogen-bond donors (Lipinski definition) is 2. The summed E-state index contributed by atoms with van der Waals surface area (Å²) in [6.07, 6.45) is 3.62. The molecule has 0 rings (SSSR count). The van der Waals surface area contributed by atoms with Crippen LogP contribution >= 0.6 is 11.8 Å². The number of thioether (sulfide) groups is 1. The molecule has 0 aliphatic heterocycles. The van der Waals surface area contributed by atoms with E-state index in [-0.39, 0.29) is 0 Å². The molecular weight excluding hydrogens is 144 g/mol. The van der Waals surface area contributed by atoms with Gasteiger partial charge in [0.2, 0.25) is 0 Å². The lowest BCUT2D eigenvalue weighted by Gasteiger charge is -1.96. The molecule has 0 fully saturated rings. The van der Waals surface area contributed by atoms with E-state index in [0.717, 1.165) is 24.3 Å². The Morgan fingerprint density at radius 2 is 2.40 bits per heavy atom. The minimum atomic E-state index is 0.291. The second-order valence-electron chi connectivity index (χ2n) is 1.99. The first-order chi connectivity index (χ1) is 4.77. The molecule has 0 aliphatic rings. The van der Waals surface area contributed by atoms with Crippen LogP contribution in [0.3, 0.4) is 0 Å². The van der Waals surface area contributed by atoms with E-state index in [1.54, 1.807) is 0 Å². The minimum Gasteiger partial charge on any atom is -0.388 e. The van der Waals surface area contributed by atoms with E-state index < -0.39 is 0 Å². The largest absolute Gasteiger partial charge is 0.388 e. The van der Waals surface area contributed by atoms with Gasteiger partial charge in [0.15, 0.2) is 0 Å². The molecule has 0 aromatic carbocycles. The summed E-state index contributed by atoms with van der Waals surface area (Å²) < 4.78 is 0. The van der Waals surface area contributed by atoms with E-state index in [2.05, 4.69) is 6.58 Å². The van der Waals surface area contributed by atoms with Crippen molar-refractivity contribution in [1.82, 2.24) is 0 Å². The highest BCUT2D eigenvalue weighted by Gasteiger charge is 1.89. The molecule has 58 valence electrons. The van der Waals surface area contributed by atoms with Gasteiger partial charge in [-0.2, -0.15) is 11.8 Å². The van der Waals surface area contributed by atoms with Gasteiger partial charge in [-0.1, -0.05) is 6.08 Å². The maximum absolute atomic E-state index is 6.92. The monoisotopic (exact) mass is 158 g/mol. The molecule has 0 atom stereocenters. The number of amidine groups is 1. The van der Waals surface area contributed by atoms with Gasteiger partial charge in [-0.25, -0.2) is 0 Å². The molecule has 0 radical (unpaired) electrons. The highest BCUT2D eigenvalue weighted by Crippen LogP contribution is 2.03. The predicted octanol–water partition coefficient (Wildman–Crippen LogP) is 1.62. The summed E-state index contributed by atoms with van der Waals surface area (Å²) in [5.74, 6) is 2.36. The molecule has 0 aromatic rings. The maximum Gasteiger partial charge on any atom is 0.0905 e. The zero-order chi connectivity index (χ0) is 7.82. The average molecular weight is 158 g/mol. The molecule has 0 aromatic heterocycles. The normalized spacial score (nSPS) is 9.20. The van der Waals surface area contributed by atoms with Crippen molar-refractivity contribution < 1.29 is 0 Å². The van der Waals surface area contributed by atoms with Crippen LogP contribution in [0.1, 0.15) is 12.8 Å². The predicted molar refractivity (Wildman–Crippen MR) is 48.7 cm³/mol. The van der Waals surface area contributed by atoms with Crippen molar-refractivity contribution >= 4 is 17.6 Å². The molecular formula is C7H14N2S. The smallest absolute Gasteiger partial charge is 0.0905 e. The average Bonchev–Trinajstić information content (AvgIpc) is 1.87. The Morgan fingerprint density at radius 3 is 2.90 bits per heavy atom. The highest BCUT2D eigenvalue weighted by atomic mass is 32.2. The second kappa shape index (κ2) is 6.68. The molecule has 3 heteroatoms. The number of rotatable bonds is 6. The van der Waals surface area contributed by atoms with Crippen LogP contribution < -0.4 is 5.73 Å². The fourth-order valence-electron chi connectivity index (χ4n) is 0.531. The van der Waals surface area contributed by atoms with E-state index in [4.69, 9.17) is 11.1 Å². The first-order valence-electron chi connectivity index (χ1n) is 3.29. The first-order valence-corrected chi connectivity index (χ1v) is 4.44. The summed E-state index contributed by atoms with van der Waals surface area (Å²) in [5.41, 5.74) is 5.16. The van der Waals surface area contributed by atoms with Gasteiger partial charge in [0.1, 0.15) is 0 Å². The van der Waals surface area contributed by atoms with Gasteiger partial charge in [-0.05, 0) is 12.2 Å². The molecule has 0 saturated heterocycles. The van der Waals surface area contributed by atoms with Gasteiger partial charge in [0.05, 0.1) is 5.84 Å². The Morgan fingerprint density at radius 1 is 1.70 bits per heavy atom. The molecule has 0 bridgehead atoms. The number of nitrogens with one attached hydrogen (secondary N) is 1. The van der Waals surface area contributed by atoms with Gasteiger partial charge in [0, 0.05) is 12.2 Å². The molecule has 3 N–H and O–H groups in total. The van der Waals surface area contributed by atoms with E-state index in [9.17, 15) is 0 Å². The Bertz CT molecular complexity index is 112. The zero-order valence-electron chi connectivity index (χ0n) is 6.10. The molecule has 0 saturated carbocycles. The molecule has 10 heavy (non-hydrogen) atoms. The van der Waals surface area contributed by atoms with Crippen LogP contribution in [0.15, 0.2) is 12.7 Å². The summed E-state index contributed by atoms with van der Waals surface area (Å²) in [6, 6.07) is 0. The van der Waals surface area contributed by atoms with Gasteiger partial charge in [-0.15, -0.1) is 6.58 Å². The molecule has 0 heterocycles. The topological polar surface area (TPSA) is 49.9 Å². The first kappa shape index (κ1) is 9.56. The fourth-order valence-corrected chi connectivity index (χ4v) is 1.21. The molecule has 2 nitrogen and oxygen atoms in total. The Hall–Kier alpha value is -0.440. The summed E-state index contributed by atoms with van der Waals surface area (Å²) >= 11 is 1.82. The van der Waals surface area contributed by atoms with Gasteiger partial charge >= 0.3 is 0 Å². The highest BCUT2D eigenvalue weighted by molar-refractivity contribution is 7.99. The lowest BCUT2D eigenvalue weighted by molar-refractivity contribution is 0.989. The molecule has 0 spiro atoms. The van der Waals surface area contributed by atoms with Crippen LogP contribution in [0.5, 0.6) is 0 Å². The van der Waals surface area contributed by atoms with E-state index in [0.29, 0.717) is 5.84 Å². The van der Waals surface area contributed by atoms with Crippen molar-refractivity contribution in [2.75, 3.05) is 11.5 Å². The Kier molecular flexibility index (Phi) is 6.38. The van der Waals surface area contributed by atoms with E-state index >= 15 is 0 Å². The van der Waals surface area contributed by atoms with Crippen molar-refractivity contribution in [3.63, 3.8) is 0 Å². The van der Waals surface area contributed by atoms with E-state index in [1.165, 1.54) is 0 Å². The third-order valence-corrected chi connectivity index (χ3v) is 2.02. The van der Waals surface area contributed by atoms with Crippen LogP contribution in [0.2, 0.25) is 0 Å². The van der Waals surface area contributed by atoms with Crippen LogP contribution in [0.25, 0.3) is 0 Å². The Labute approximate surface area is 66.4 Å². The lowest BCUT2D eigenvalue weighted by Crippen LogP contribution is -2.08. The lowest BCUT2D eigenvalue weighted by atomic mass is 10.3. The van der Waals surface area contributed by atoms with Crippen LogP contribution in [-0.2, 0) is 0 Å². The standard InChI is InChI=1S/C7H14N2S/c1-2-5-10-6-3-4-7(8)9/h2H,1,3-6H2,(H3,8,9). The van der Waals surface area contributed by atoms with Crippen molar-refractivity contribution in [2.45, 2.75) is 12.8 Å². The van der Waals surface area contributed by atoms with Gasteiger partial charge in [-0.3, -0.25) is 5.41 Å². The molecule has 0 aliphatic carbocycles. The third kappa shape index (κ3) is 7.56. The van der Waals surface area contributed by atoms with Crippen LogP contribution in [0, 0.1) is 5.41 Å². The van der Waals surface area contributed by atoms with E-state index in [1.807, 2.05) is 17.8 Å². The number of nitrogens with two attached hydrogens (primary N) is 1. The third-order valence-electron chi connectivity index (χ3n) is 0.970. The van der Waals surface area contributed by atoms with Crippen molar-refractivity contribution in [2.24, 2.45) is 5.73 Å². The zero-order valence-corrected chi connectivity index (χ0v) is 6.91. The maximum atomic E-state index is 6.92. The molecule has 0 amide bonds. The number of hydrogen-bond acceptors (Lipinski definition) is 2. The van der Waals surface area contributed by atoms with Crippen molar-refractivity contribution in [3.8, 4) is 0 Å². The van der Waals surface area contributed by atoms with Gasteiger partial charge in [0.25, 0.3) is 0 Å². The van der Waals surface area contributed by atoms with Crippen molar-refractivity contribution in [1.29, 1.82) is 5.41 Å². The summed E-state index contributed by atoms with van der Waals surface area (Å²) in [5, 5.41) is 6.92. The van der Waals surface area contributed by atoms with Crippen LogP contribution in [0.4, 0.5) is 0 Å². The minimum absolute atomic E-state index is 0.291. The second-order valence-corrected chi connectivity index (χ2v) is 3.14.